The summed E-state index contributed by atoms with van der Waals surface area (Å²) in [5.74, 6) is 1.35. The van der Waals surface area contributed by atoms with E-state index < -0.39 is 5.82 Å². The van der Waals surface area contributed by atoms with Crippen molar-refractivity contribution >= 4 is 17.3 Å². The Bertz CT molecular complexity index is 1480. The lowest BCUT2D eigenvalue weighted by molar-refractivity contribution is 0.443. The second-order valence-electron chi connectivity index (χ2n) is 8.29. The summed E-state index contributed by atoms with van der Waals surface area (Å²) >= 11 is 0. The third kappa shape index (κ3) is 5.00. The lowest BCUT2D eigenvalue weighted by Crippen LogP contribution is -2.11. The third-order valence-electron chi connectivity index (χ3n) is 5.42. The molecule has 0 aliphatic carbocycles. The monoisotopic (exact) mass is 481 g/mol. The zero-order valence-electron chi connectivity index (χ0n) is 20.1. The molecule has 0 spiro atoms. The van der Waals surface area contributed by atoms with E-state index in [2.05, 4.69) is 25.4 Å². The molecule has 0 fully saturated rings. The number of nitrogens with one attached hydrogen (secondary N) is 1. The van der Waals surface area contributed by atoms with Gasteiger partial charge in [0.05, 0.1) is 17.1 Å². The van der Waals surface area contributed by atoms with E-state index in [1.54, 1.807) is 66.5 Å². The fraction of sp³-hybridized carbons (Fsp3) is 0.111. The van der Waals surface area contributed by atoms with E-state index in [0.29, 0.717) is 34.5 Å². The first-order chi connectivity index (χ1) is 17.5. The Balaban J connectivity index is 1.43. The van der Waals surface area contributed by atoms with Crippen LogP contribution in [-0.4, -0.2) is 38.8 Å². The minimum atomic E-state index is -0.442. The van der Waals surface area contributed by atoms with Gasteiger partial charge in [0.1, 0.15) is 17.9 Å². The molecule has 0 radical (unpaired) electrons. The molecule has 0 unspecified atom stereocenters. The van der Waals surface area contributed by atoms with Gasteiger partial charge >= 0.3 is 0 Å². The summed E-state index contributed by atoms with van der Waals surface area (Å²) in [5.41, 5.74) is 3.43. The van der Waals surface area contributed by atoms with Gasteiger partial charge in [-0.1, -0.05) is 18.2 Å². The van der Waals surface area contributed by atoms with Crippen LogP contribution < -0.4 is 15.0 Å². The molecular formula is C27H24FN7O. The number of anilines is 3. The molecule has 2 aromatic heterocycles. The van der Waals surface area contributed by atoms with Gasteiger partial charge in [-0.3, -0.25) is 0 Å². The topological polar surface area (TPSA) is 81.0 Å². The van der Waals surface area contributed by atoms with Crippen LogP contribution in [0.5, 0.6) is 11.5 Å². The Kier molecular flexibility index (Phi) is 6.27. The molecule has 9 heteroatoms. The summed E-state index contributed by atoms with van der Waals surface area (Å²) in [5, 5.41) is 7.54. The highest BCUT2D eigenvalue weighted by atomic mass is 19.1. The summed E-state index contributed by atoms with van der Waals surface area (Å²) in [7, 11) is 3.57. The number of nitrogens with zero attached hydrogens (tertiary/aromatic N) is 6. The lowest BCUT2D eigenvalue weighted by atomic mass is 10.1. The van der Waals surface area contributed by atoms with Crippen molar-refractivity contribution in [3.8, 4) is 28.4 Å². The molecule has 0 aliphatic heterocycles. The van der Waals surface area contributed by atoms with Crippen molar-refractivity contribution in [2.45, 2.75) is 6.92 Å². The molecule has 0 atom stereocenters. The predicted molar refractivity (Wildman–Crippen MR) is 138 cm³/mol. The van der Waals surface area contributed by atoms with Crippen molar-refractivity contribution in [1.29, 1.82) is 0 Å². The van der Waals surface area contributed by atoms with E-state index in [9.17, 15) is 0 Å². The minimum Gasteiger partial charge on any atom is -0.454 e. The van der Waals surface area contributed by atoms with Gasteiger partial charge in [0.15, 0.2) is 11.6 Å². The first-order valence-corrected chi connectivity index (χ1v) is 11.3. The van der Waals surface area contributed by atoms with Crippen LogP contribution in [0.15, 0.2) is 85.3 Å². The molecule has 1 N–H and O–H groups in total. The van der Waals surface area contributed by atoms with Crippen molar-refractivity contribution in [3.05, 3.63) is 97.0 Å². The number of hydrogen-bond acceptors (Lipinski definition) is 7. The van der Waals surface area contributed by atoms with Crippen LogP contribution in [0.2, 0.25) is 0 Å². The highest BCUT2D eigenvalue weighted by Crippen LogP contribution is 2.35. The van der Waals surface area contributed by atoms with Gasteiger partial charge in [-0.25, -0.2) is 24.0 Å². The second kappa shape index (κ2) is 9.83. The maximum atomic E-state index is 15.2. The van der Waals surface area contributed by atoms with Crippen molar-refractivity contribution in [1.82, 2.24) is 24.7 Å². The fourth-order valence-electron chi connectivity index (χ4n) is 3.62. The van der Waals surface area contributed by atoms with Gasteiger partial charge in [-0.05, 0) is 61.5 Å². The van der Waals surface area contributed by atoms with Crippen molar-refractivity contribution < 1.29 is 9.13 Å². The van der Waals surface area contributed by atoms with E-state index in [1.807, 2.05) is 49.4 Å². The van der Waals surface area contributed by atoms with Crippen molar-refractivity contribution in [2.75, 3.05) is 24.3 Å². The average Bonchev–Trinajstić information content (AvgIpc) is 3.32. The molecule has 180 valence electrons. The number of aryl methyl sites for hydroxylation is 1. The van der Waals surface area contributed by atoms with E-state index in [0.717, 1.165) is 11.4 Å². The number of rotatable bonds is 7. The molecule has 36 heavy (non-hydrogen) atoms. The van der Waals surface area contributed by atoms with Gasteiger partial charge in [-0.2, -0.15) is 5.10 Å². The van der Waals surface area contributed by atoms with E-state index in [1.165, 1.54) is 0 Å². The number of hydrogen-bond donors (Lipinski definition) is 1. The van der Waals surface area contributed by atoms with E-state index in [-0.39, 0.29) is 5.75 Å². The largest absolute Gasteiger partial charge is 0.454 e. The van der Waals surface area contributed by atoms with Crippen molar-refractivity contribution in [2.24, 2.45) is 0 Å². The molecule has 0 amide bonds. The SMILES string of the molecule is Cc1ncn(-c2ccc(Nc3nccc(-c4cc(Oc5ccccc5)c(F)c(N(C)C)c4)n3)cc2)n1. The number of ether oxygens (including phenoxy) is 1. The molecule has 0 saturated heterocycles. The van der Waals surface area contributed by atoms with Crippen LogP contribution in [0.3, 0.4) is 0 Å². The highest BCUT2D eigenvalue weighted by Gasteiger charge is 2.16. The molecule has 0 saturated carbocycles. The summed E-state index contributed by atoms with van der Waals surface area (Å²) < 4.78 is 22.8. The maximum absolute atomic E-state index is 15.2. The van der Waals surface area contributed by atoms with E-state index in [4.69, 9.17) is 4.74 Å². The Morgan fingerprint density at radius 1 is 0.944 bits per heavy atom. The summed E-state index contributed by atoms with van der Waals surface area (Å²) in [4.78, 5) is 14.9. The Labute approximate surface area is 208 Å². The summed E-state index contributed by atoms with van der Waals surface area (Å²) in [6.45, 7) is 1.84. The predicted octanol–water partition coefficient (Wildman–Crippen LogP) is 5.77. The second-order valence-corrected chi connectivity index (χ2v) is 8.29. The average molecular weight is 482 g/mol. The van der Waals surface area contributed by atoms with E-state index >= 15 is 4.39 Å². The summed E-state index contributed by atoms with van der Waals surface area (Å²) in [6.07, 6.45) is 3.33. The minimum absolute atomic E-state index is 0.120. The lowest BCUT2D eigenvalue weighted by Gasteiger charge is -2.18. The van der Waals surface area contributed by atoms with Crippen LogP contribution in [0.25, 0.3) is 16.9 Å². The molecule has 2 heterocycles. The van der Waals surface area contributed by atoms with Gasteiger partial charge in [0.25, 0.3) is 0 Å². The molecule has 5 aromatic rings. The summed E-state index contributed by atoms with van der Waals surface area (Å²) in [6, 6.07) is 22.0. The number of benzene rings is 3. The standard InChI is InChI=1S/C27H24FN7O/c1-18-30-17-35(33-18)21-11-9-20(10-12-21)31-27-29-14-13-23(32-27)19-15-24(34(2)3)26(28)25(16-19)36-22-7-5-4-6-8-22/h4-17H,1-3H3,(H,29,31,32). The smallest absolute Gasteiger partial charge is 0.227 e. The Morgan fingerprint density at radius 3 is 2.42 bits per heavy atom. The fourth-order valence-corrected chi connectivity index (χ4v) is 3.62. The number of para-hydroxylation sites is 1. The number of halogens is 1. The van der Waals surface area contributed by atoms with Gasteiger partial charge < -0.3 is 15.0 Å². The molecular weight excluding hydrogens is 457 g/mol. The zero-order chi connectivity index (χ0) is 25.1. The first-order valence-electron chi connectivity index (χ1n) is 11.3. The third-order valence-corrected chi connectivity index (χ3v) is 5.42. The van der Waals surface area contributed by atoms with Crippen LogP contribution in [-0.2, 0) is 0 Å². The van der Waals surface area contributed by atoms with Crippen LogP contribution in [0.1, 0.15) is 5.82 Å². The quantitative estimate of drug-likeness (QED) is 0.316. The van der Waals surface area contributed by atoms with Crippen molar-refractivity contribution in [3.63, 3.8) is 0 Å². The van der Waals surface area contributed by atoms with Crippen LogP contribution >= 0.6 is 0 Å². The highest BCUT2D eigenvalue weighted by molar-refractivity contribution is 5.70. The maximum Gasteiger partial charge on any atom is 0.227 e. The van der Waals surface area contributed by atoms with Crippen LogP contribution in [0.4, 0.5) is 21.7 Å². The van der Waals surface area contributed by atoms with Gasteiger partial charge in [-0.15, -0.1) is 0 Å². The first kappa shape index (κ1) is 23.0. The molecule has 0 aliphatic rings. The van der Waals surface area contributed by atoms with Gasteiger partial charge in [0, 0.05) is 31.5 Å². The normalized spacial score (nSPS) is 10.8. The van der Waals surface area contributed by atoms with Gasteiger partial charge in [0.2, 0.25) is 5.95 Å². The molecule has 3 aromatic carbocycles. The Hall–Kier alpha value is -4.79. The zero-order valence-corrected chi connectivity index (χ0v) is 20.1. The number of aromatic nitrogens is 5. The van der Waals surface area contributed by atoms with Crippen LogP contribution in [0, 0.1) is 12.7 Å². The Morgan fingerprint density at radius 2 is 1.72 bits per heavy atom. The molecule has 8 nitrogen and oxygen atoms in total. The molecule has 5 rings (SSSR count). The molecule has 0 bridgehead atoms.